The molecule has 0 aromatic heterocycles. The van der Waals surface area contributed by atoms with E-state index in [-0.39, 0.29) is 26.2 Å². The standard InChI is InChI=1S/C16H22N8/c17-3-12-22(8-1-10-23(13-4-18)14-5-19)9-2-11-24(15-6-20)16-7-21/h1-2,8-16H2. The van der Waals surface area contributed by atoms with Gasteiger partial charge in [0.1, 0.15) is 0 Å². The van der Waals surface area contributed by atoms with E-state index in [1.807, 2.05) is 29.2 Å². The molecule has 0 heterocycles. The normalized spacial score (nSPS) is 9.92. The fourth-order valence-corrected chi connectivity index (χ4v) is 2.23. The molecule has 0 aliphatic heterocycles. The van der Waals surface area contributed by atoms with Crippen LogP contribution in [0.15, 0.2) is 0 Å². The molecule has 0 aliphatic rings. The van der Waals surface area contributed by atoms with Gasteiger partial charge in [0.15, 0.2) is 0 Å². The molecule has 0 spiro atoms. The quantitative estimate of drug-likeness (QED) is 0.442. The monoisotopic (exact) mass is 326 g/mol. The molecule has 0 aromatic rings. The lowest BCUT2D eigenvalue weighted by Gasteiger charge is -2.22. The van der Waals surface area contributed by atoms with Crippen LogP contribution < -0.4 is 0 Å². The molecule has 0 rings (SSSR count). The van der Waals surface area contributed by atoms with Crippen molar-refractivity contribution < 1.29 is 0 Å². The van der Waals surface area contributed by atoms with Crippen LogP contribution >= 0.6 is 0 Å². The summed E-state index contributed by atoms with van der Waals surface area (Å²) in [5, 5.41) is 43.7. The van der Waals surface area contributed by atoms with E-state index in [0.717, 1.165) is 12.8 Å². The molecular formula is C16H22N8. The van der Waals surface area contributed by atoms with E-state index in [2.05, 4.69) is 6.07 Å². The van der Waals surface area contributed by atoms with Crippen molar-refractivity contribution in [1.82, 2.24) is 14.7 Å². The van der Waals surface area contributed by atoms with Crippen molar-refractivity contribution in [2.75, 3.05) is 58.9 Å². The fraction of sp³-hybridized carbons (Fsp3) is 0.688. The predicted octanol–water partition coefficient (Wildman–Crippen LogP) is 0.291. The maximum absolute atomic E-state index is 8.91. The molecule has 126 valence electrons. The summed E-state index contributed by atoms with van der Waals surface area (Å²) < 4.78 is 0. The lowest BCUT2D eigenvalue weighted by Crippen LogP contribution is -2.33. The van der Waals surface area contributed by atoms with Gasteiger partial charge in [-0.15, -0.1) is 0 Å². The maximum atomic E-state index is 8.91. The summed E-state index contributed by atoms with van der Waals surface area (Å²) in [6.07, 6.45) is 1.54. The summed E-state index contributed by atoms with van der Waals surface area (Å²) >= 11 is 0. The Morgan fingerprint density at radius 3 is 0.958 bits per heavy atom. The summed E-state index contributed by atoms with van der Waals surface area (Å²) in [7, 11) is 0. The number of hydrogen-bond acceptors (Lipinski definition) is 8. The molecule has 8 nitrogen and oxygen atoms in total. The zero-order valence-electron chi connectivity index (χ0n) is 13.9. The summed E-state index contributed by atoms with van der Waals surface area (Å²) in [6.45, 7) is 3.90. The van der Waals surface area contributed by atoms with Gasteiger partial charge in [-0.05, 0) is 12.8 Å². The average molecular weight is 326 g/mol. The van der Waals surface area contributed by atoms with Crippen LogP contribution in [0.3, 0.4) is 0 Å². The number of hydrogen-bond donors (Lipinski definition) is 0. The van der Waals surface area contributed by atoms with Crippen LogP contribution in [0.25, 0.3) is 0 Å². The Kier molecular flexibility index (Phi) is 13.5. The first kappa shape index (κ1) is 21.3. The highest BCUT2D eigenvalue weighted by atomic mass is 15.2. The van der Waals surface area contributed by atoms with E-state index in [1.165, 1.54) is 0 Å². The first-order chi connectivity index (χ1) is 11.7. The van der Waals surface area contributed by atoms with E-state index < -0.39 is 0 Å². The van der Waals surface area contributed by atoms with Crippen molar-refractivity contribution in [3.05, 3.63) is 0 Å². The van der Waals surface area contributed by atoms with Gasteiger partial charge in [-0.3, -0.25) is 14.7 Å². The second-order valence-corrected chi connectivity index (χ2v) is 5.20. The second kappa shape index (κ2) is 15.2. The molecule has 24 heavy (non-hydrogen) atoms. The predicted molar refractivity (Wildman–Crippen MR) is 86.6 cm³/mol. The molecule has 0 amide bonds. The summed E-state index contributed by atoms with van der Waals surface area (Å²) in [6, 6.07) is 10.3. The van der Waals surface area contributed by atoms with E-state index in [9.17, 15) is 0 Å². The van der Waals surface area contributed by atoms with Gasteiger partial charge in [-0.25, -0.2) is 0 Å². The van der Waals surface area contributed by atoms with Gasteiger partial charge in [0, 0.05) is 26.2 Å². The largest absolute Gasteiger partial charge is 0.290 e. The second-order valence-electron chi connectivity index (χ2n) is 5.20. The molecule has 0 radical (unpaired) electrons. The van der Waals surface area contributed by atoms with Gasteiger partial charge in [-0.2, -0.15) is 26.3 Å². The molecular weight excluding hydrogens is 304 g/mol. The lowest BCUT2D eigenvalue weighted by molar-refractivity contribution is 0.246. The Labute approximate surface area is 143 Å². The third-order valence-electron chi connectivity index (χ3n) is 3.37. The molecule has 0 atom stereocenters. The molecule has 0 bridgehead atoms. The Hall–Kier alpha value is -2.67. The van der Waals surface area contributed by atoms with E-state index >= 15 is 0 Å². The smallest absolute Gasteiger partial charge is 0.0874 e. The van der Waals surface area contributed by atoms with Gasteiger partial charge in [0.25, 0.3) is 0 Å². The van der Waals surface area contributed by atoms with E-state index in [0.29, 0.717) is 32.7 Å². The first-order valence-electron chi connectivity index (χ1n) is 7.73. The number of rotatable bonds is 13. The van der Waals surface area contributed by atoms with Crippen LogP contribution in [-0.4, -0.2) is 73.6 Å². The third-order valence-corrected chi connectivity index (χ3v) is 3.37. The third kappa shape index (κ3) is 11.0. The van der Waals surface area contributed by atoms with Gasteiger partial charge >= 0.3 is 0 Å². The van der Waals surface area contributed by atoms with Crippen LogP contribution in [0, 0.1) is 56.7 Å². The van der Waals surface area contributed by atoms with Crippen LogP contribution in [0.1, 0.15) is 12.8 Å². The van der Waals surface area contributed by atoms with E-state index in [1.54, 1.807) is 9.80 Å². The highest BCUT2D eigenvalue weighted by Crippen LogP contribution is 1.99. The van der Waals surface area contributed by atoms with Crippen LogP contribution in [0.2, 0.25) is 0 Å². The van der Waals surface area contributed by atoms with Gasteiger partial charge in [0.05, 0.1) is 63.1 Å². The van der Waals surface area contributed by atoms with Crippen molar-refractivity contribution in [2.24, 2.45) is 0 Å². The Morgan fingerprint density at radius 1 is 0.417 bits per heavy atom. The molecule has 0 N–H and O–H groups in total. The van der Waals surface area contributed by atoms with Crippen LogP contribution in [0.5, 0.6) is 0 Å². The Balaban J connectivity index is 4.20. The minimum Gasteiger partial charge on any atom is -0.290 e. The van der Waals surface area contributed by atoms with Crippen molar-refractivity contribution in [2.45, 2.75) is 12.8 Å². The van der Waals surface area contributed by atoms with Crippen molar-refractivity contribution in [3.63, 3.8) is 0 Å². The van der Waals surface area contributed by atoms with Gasteiger partial charge < -0.3 is 0 Å². The summed E-state index contributed by atoms with van der Waals surface area (Å²) in [5.74, 6) is 0. The Morgan fingerprint density at radius 2 is 0.667 bits per heavy atom. The topological polar surface area (TPSA) is 129 Å². The van der Waals surface area contributed by atoms with Crippen molar-refractivity contribution in [3.8, 4) is 30.3 Å². The Bertz CT molecular complexity index is 465. The zero-order valence-corrected chi connectivity index (χ0v) is 13.9. The molecule has 0 unspecified atom stereocenters. The zero-order chi connectivity index (χ0) is 18.0. The van der Waals surface area contributed by atoms with E-state index in [4.69, 9.17) is 26.3 Å². The van der Waals surface area contributed by atoms with Crippen molar-refractivity contribution >= 4 is 0 Å². The number of nitriles is 5. The fourth-order valence-electron chi connectivity index (χ4n) is 2.23. The highest BCUT2D eigenvalue weighted by Gasteiger charge is 2.09. The summed E-state index contributed by atoms with van der Waals surface area (Å²) in [5.41, 5.74) is 0. The molecule has 8 heteroatoms. The van der Waals surface area contributed by atoms with Crippen molar-refractivity contribution in [1.29, 1.82) is 26.3 Å². The molecule has 0 aromatic carbocycles. The maximum Gasteiger partial charge on any atom is 0.0874 e. The minimum absolute atomic E-state index is 0.225. The molecule has 0 fully saturated rings. The molecule has 0 saturated carbocycles. The van der Waals surface area contributed by atoms with Gasteiger partial charge in [-0.1, -0.05) is 0 Å². The van der Waals surface area contributed by atoms with Crippen LogP contribution in [0.4, 0.5) is 0 Å². The minimum atomic E-state index is 0.225. The summed E-state index contributed by atoms with van der Waals surface area (Å²) in [4.78, 5) is 5.55. The molecule has 0 aliphatic carbocycles. The number of nitrogens with zero attached hydrogens (tertiary/aromatic N) is 8. The van der Waals surface area contributed by atoms with Gasteiger partial charge in [0.2, 0.25) is 0 Å². The highest BCUT2D eigenvalue weighted by molar-refractivity contribution is 4.85. The SMILES string of the molecule is N#CCN(CC#N)CCCN(CC#N)CCCN(CC#N)CC#N. The van der Waals surface area contributed by atoms with Crippen LogP contribution in [-0.2, 0) is 0 Å². The lowest BCUT2D eigenvalue weighted by atomic mass is 10.3. The first-order valence-corrected chi connectivity index (χ1v) is 7.73. The average Bonchev–Trinajstić information content (AvgIpc) is 2.55. The molecule has 0 saturated heterocycles.